The van der Waals surface area contributed by atoms with E-state index < -0.39 is 0 Å². The Hall–Kier alpha value is -0.570. The molecule has 0 amide bonds. The molecule has 0 aromatic rings. The third-order valence-corrected chi connectivity index (χ3v) is 2.57. The van der Waals surface area contributed by atoms with E-state index in [4.69, 9.17) is 10.5 Å². The van der Waals surface area contributed by atoms with E-state index in [9.17, 15) is 4.79 Å². The Morgan fingerprint density at radius 1 is 1.43 bits per heavy atom. The molecule has 0 bridgehead atoms. The highest BCUT2D eigenvalue weighted by molar-refractivity contribution is 5.70. The van der Waals surface area contributed by atoms with Gasteiger partial charge in [0.25, 0.3) is 0 Å². The minimum absolute atomic E-state index is 0.111. The summed E-state index contributed by atoms with van der Waals surface area (Å²) in [4.78, 5) is 11.5. The summed E-state index contributed by atoms with van der Waals surface area (Å²) in [7, 11) is 0. The second kappa shape index (κ2) is 4.30. The molecule has 3 nitrogen and oxygen atoms in total. The number of rotatable bonds is 2. The van der Waals surface area contributed by atoms with Crippen LogP contribution in [0.25, 0.3) is 0 Å². The van der Waals surface area contributed by atoms with E-state index in [1.54, 1.807) is 0 Å². The zero-order valence-electron chi connectivity index (χ0n) is 9.38. The van der Waals surface area contributed by atoms with E-state index in [0.29, 0.717) is 12.3 Å². The smallest absolute Gasteiger partial charge is 0.306 e. The molecule has 0 saturated heterocycles. The van der Waals surface area contributed by atoms with Gasteiger partial charge in [0.05, 0.1) is 0 Å². The van der Waals surface area contributed by atoms with Gasteiger partial charge in [-0.2, -0.15) is 0 Å². The second-order valence-electron chi connectivity index (χ2n) is 5.15. The highest BCUT2D eigenvalue weighted by atomic mass is 16.6. The first-order valence-corrected chi connectivity index (χ1v) is 5.36. The maximum Gasteiger partial charge on any atom is 0.306 e. The van der Waals surface area contributed by atoms with Crippen LogP contribution in [0, 0.1) is 5.92 Å². The van der Waals surface area contributed by atoms with Crippen molar-refractivity contribution in [2.75, 3.05) is 0 Å². The summed E-state index contributed by atoms with van der Waals surface area (Å²) in [6, 6.07) is 0.197. The summed E-state index contributed by atoms with van der Waals surface area (Å²) in [5, 5.41) is 0. The number of ether oxygens (including phenoxy) is 1. The van der Waals surface area contributed by atoms with E-state index in [0.717, 1.165) is 19.3 Å². The van der Waals surface area contributed by atoms with Crippen molar-refractivity contribution in [3.63, 3.8) is 0 Å². The number of esters is 1. The molecular formula is C11H21NO2. The fourth-order valence-electron chi connectivity index (χ4n) is 1.92. The molecule has 0 aliphatic heterocycles. The predicted molar refractivity (Wildman–Crippen MR) is 55.8 cm³/mol. The Morgan fingerprint density at radius 3 is 2.50 bits per heavy atom. The van der Waals surface area contributed by atoms with E-state index in [2.05, 4.69) is 0 Å². The van der Waals surface area contributed by atoms with Crippen LogP contribution in [0.3, 0.4) is 0 Å². The van der Waals surface area contributed by atoms with Gasteiger partial charge in [0, 0.05) is 12.5 Å². The molecule has 14 heavy (non-hydrogen) atoms. The van der Waals surface area contributed by atoms with Crippen LogP contribution in [0.4, 0.5) is 0 Å². The number of hydrogen-bond donors (Lipinski definition) is 1. The summed E-state index contributed by atoms with van der Waals surface area (Å²) in [6.45, 7) is 5.67. The first kappa shape index (κ1) is 11.5. The fourth-order valence-corrected chi connectivity index (χ4v) is 1.92. The summed E-state index contributed by atoms with van der Waals surface area (Å²) in [5.74, 6) is 0.227. The van der Waals surface area contributed by atoms with Crippen LogP contribution in [0.5, 0.6) is 0 Å². The van der Waals surface area contributed by atoms with Gasteiger partial charge in [0.1, 0.15) is 5.60 Å². The Labute approximate surface area is 86.0 Å². The number of hydrogen-bond acceptors (Lipinski definition) is 3. The lowest BCUT2D eigenvalue weighted by Gasteiger charge is -2.21. The van der Waals surface area contributed by atoms with E-state index in [1.165, 1.54) is 0 Å². The molecule has 0 aromatic heterocycles. The largest absolute Gasteiger partial charge is 0.460 e. The molecule has 2 N–H and O–H groups in total. The normalized spacial score (nSPS) is 27.7. The molecule has 1 rings (SSSR count). The van der Waals surface area contributed by atoms with Crippen LogP contribution in [0.1, 0.15) is 46.5 Å². The van der Waals surface area contributed by atoms with Crippen molar-refractivity contribution < 1.29 is 9.53 Å². The lowest BCUT2D eigenvalue weighted by molar-refractivity contribution is -0.156. The molecule has 0 unspecified atom stereocenters. The van der Waals surface area contributed by atoms with Gasteiger partial charge in [-0.15, -0.1) is 0 Å². The molecule has 0 heterocycles. The van der Waals surface area contributed by atoms with Crippen molar-refractivity contribution in [1.82, 2.24) is 0 Å². The van der Waals surface area contributed by atoms with Gasteiger partial charge in [0.2, 0.25) is 0 Å². The molecule has 1 aliphatic rings. The standard InChI is InChI=1S/C11H21NO2/c1-11(2,3)14-10(13)7-8-5-4-6-9(8)12/h8-9H,4-7,12H2,1-3H3/t8-,9+/m0/s1. The highest BCUT2D eigenvalue weighted by Crippen LogP contribution is 2.27. The Balaban J connectivity index is 2.33. The quantitative estimate of drug-likeness (QED) is 0.690. The van der Waals surface area contributed by atoms with Gasteiger partial charge >= 0.3 is 5.97 Å². The van der Waals surface area contributed by atoms with Gasteiger partial charge in [-0.1, -0.05) is 6.42 Å². The van der Waals surface area contributed by atoms with Crippen LogP contribution in [0.15, 0.2) is 0 Å². The molecule has 0 radical (unpaired) electrons. The minimum atomic E-state index is -0.375. The van der Waals surface area contributed by atoms with Crippen LogP contribution in [0.2, 0.25) is 0 Å². The second-order valence-corrected chi connectivity index (χ2v) is 5.15. The lowest BCUT2D eigenvalue weighted by atomic mass is 10.0. The van der Waals surface area contributed by atoms with Crippen molar-refractivity contribution in [3.05, 3.63) is 0 Å². The molecule has 2 atom stereocenters. The summed E-state index contributed by atoms with van der Waals surface area (Å²) in [6.07, 6.45) is 3.75. The number of carbonyl (C=O) groups excluding carboxylic acids is 1. The van der Waals surface area contributed by atoms with Crippen LogP contribution in [-0.2, 0) is 9.53 Å². The Morgan fingerprint density at radius 2 is 2.07 bits per heavy atom. The van der Waals surface area contributed by atoms with Crippen molar-refractivity contribution in [2.24, 2.45) is 11.7 Å². The number of carbonyl (C=O) groups is 1. The van der Waals surface area contributed by atoms with Crippen LogP contribution < -0.4 is 5.73 Å². The monoisotopic (exact) mass is 199 g/mol. The first-order valence-electron chi connectivity index (χ1n) is 5.36. The van der Waals surface area contributed by atoms with E-state index in [1.807, 2.05) is 20.8 Å². The minimum Gasteiger partial charge on any atom is -0.460 e. The summed E-state index contributed by atoms with van der Waals surface area (Å²) >= 11 is 0. The van der Waals surface area contributed by atoms with Gasteiger partial charge in [-0.25, -0.2) is 0 Å². The third kappa shape index (κ3) is 3.66. The van der Waals surface area contributed by atoms with Gasteiger partial charge < -0.3 is 10.5 Å². The van der Waals surface area contributed by atoms with Crippen molar-refractivity contribution in [2.45, 2.75) is 58.1 Å². The Kier molecular flexibility index (Phi) is 3.53. The van der Waals surface area contributed by atoms with Gasteiger partial charge in [-0.3, -0.25) is 4.79 Å². The predicted octanol–water partition coefficient (Wildman–Crippen LogP) is 1.85. The fraction of sp³-hybridized carbons (Fsp3) is 0.909. The molecule has 0 spiro atoms. The molecule has 1 fully saturated rings. The Bertz CT molecular complexity index is 208. The molecule has 3 heteroatoms. The molecule has 0 aromatic carbocycles. The van der Waals surface area contributed by atoms with Crippen LogP contribution in [-0.4, -0.2) is 17.6 Å². The molecule has 82 valence electrons. The average Bonchev–Trinajstić information content (AvgIpc) is 2.32. The zero-order chi connectivity index (χ0) is 10.8. The molecule has 1 saturated carbocycles. The summed E-state index contributed by atoms with van der Waals surface area (Å²) in [5.41, 5.74) is 5.51. The number of nitrogens with two attached hydrogens (primary N) is 1. The topological polar surface area (TPSA) is 52.3 Å². The lowest BCUT2D eigenvalue weighted by Crippen LogP contribution is -2.30. The average molecular weight is 199 g/mol. The van der Waals surface area contributed by atoms with Crippen molar-refractivity contribution in [1.29, 1.82) is 0 Å². The SMILES string of the molecule is CC(C)(C)OC(=O)C[C@@H]1CCC[C@H]1N. The maximum absolute atomic E-state index is 11.5. The molecular weight excluding hydrogens is 178 g/mol. The van der Waals surface area contributed by atoms with E-state index >= 15 is 0 Å². The maximum atomic E-state index is 11.5. The van der Waals surface area contributed by atoms with Crippen molar-refractivity contribution >= 4 is 5.97 Å². The van der Waals surface area contributed by atoms with Gasteiger partial charge in [0.15, 0.2) is 0 Å². The summed E-state index contributed by atoms with van der Waals surface area (Å²) < 4.78 is 5.25. The van der Waals surface area contributed by atoms with Crippen LogP contribution >= 0.6 is 0 Å². The van der Waals surface area contributed by atoms with E-state index in [-0.39, 0.29) is 17.6 Å². The van der Waals surface area contributed by atoms with Crippen molar-refractivity contribution in [3.8, 4) is 0 Å². The zero-order valence-corrected chi connectivity index (χ0v) is 9.38. The third-order valence-electron chi connectivity index (χ3n) is 2.57. The van der Waals surface area contributed by atoms with Gasteiger partial charge in [-0.05, 0) is 39.5 Å². The molecule has 1 aliphatic carbocycles. The first-order chi connectivity index (χ1) is 6.38. The highest BCUT2D eigenvalue weighted by Gasteiger charge is 2.28.